The van der Waals surface area contributed by atoms with Gasteiger partial charge in [0.15, 0.2) is 11.0 Å². The number of benzene rings is 2. The van der Waals surface area contributed by atoms with Crippen molar-refractivity contribution in [3.05, 3.63) is 68.9 Å². The molecule has 7 nitrogen and oxygen atoms in total. The number of rotatable bonds is 7. The van der Waals surface area contributed by atoms with Crippen molar-refractivity contribution in [3.8, 4) is 0 Å². The molecule has 0 fully saturated rings. The van der Waals surface area contributed by atoms with Crippen LogP contribution in [0.1, 0.15) is 45.8 Å². The number of nitrogens with zero attached hydrogens (tertiary/aromatic N) is 3. The Morgan fingerprint density at radius 2 is 1.81 bits per heavy atom. The van der Waals surface area contributed by atoms with E-state index < -0.39 is 0 Å². The Bertz CT molecular complexity index is 1160. The van der Waals surface area contributed by atoms with Gasteiger partial charge in [-0.25, -0.2) is 0 Å². The third kappa shape index (κ3) is 5.39. The van der Waals surface area contributed by atoms with Gasteiger partial charge in [0.05, 0.1) is 11.8 Å². The molecule has 1 atom stereocenters. The normalized spacial score (nSPS) is 11.8. The highest BCUT2D eigenvalue weighted by Crippen LogP contribution is 2.26. The molecule has 2 aromatic carbocycles. The standard InChI is InChI=1S/C23H26BrN5O2S/c1-13-8-6-7-9-17(13)22(31)25-16(4)21-27-28-23(29(21)5)32-12-20(30)26-19-11-10-18(24)14(2)15(19)3/h6-11,16H,12H2,1-5H3,(H,25,31)(H,26,30)/t16-/m0/s1. The summed E-state index contributed by atoms with van der Waals surface area (Å²) in [7, 11) is 1.83. The highest BCUT2D eigenvalue weighted by Gasteiger charge is 2.20. The minimum absolute atomic E-state index is 0.120. The quantitative estimate of drug-likeness (QED) is 0.444. The van der Waals surface area contributed by atoms with Gasteiger partial charge < -0.3 is 15.2 Å². The summed E-state index contributed by atoms with van der Waals surface area (Å²) < 4.78 is 2.81. The molecule has 0 aliphatic rings. The Kier molecular flexibility index (Phi) is 7.73. The molecular formula is C23H26BrN5O2S. The maximum absolute atomic E-state index is 12.6. The number of aryl methyl sites for hydroxylation is 1. The molecule has 1 heterocycles. The SMILES string of the molecule is Cc1ccccc1C(=O)N[C@@H](C)c1nnc(SCC(=O)Nc2ccc(Br)c(C)c2C)n1C. The maximum atomic E-state index is 12.6. The van der Waals surface area contributed by atoms with Gasteiger partial charge in [0, 0.05) is 22.8 Å². The largest absolute Gasteiger partial charge is 0.342 e. The van der Waals surface area contributed by atoms with Crippen LogP contribution in [-0.2, 0) is 11.8 Å². The van der Waals surface area contributed by atoms with Crippen LogP contribution in [0.5, 0.6) is 0 Å². The van der Waals surface area contributed by atoms with Gasteiger partial charge in [-0.1, -0.05) is 45.9 Å². The van der Waals surface area contributed by atoms with Gasteiger partial charge in [-0.3, -0.25) is 9.59 Å². The van der Waals surface area contributed by atoms with E-state index in [-0.39, 0.29) is 23.6 Å². The molecule has 1 aromatic heterocycles. The third-order valence-electron chi connectivity index (χ3n) is 5.32. The van der Waals surface area contributed by atoms with Gasteiger partial charge in [-0.2, -0.15) is 0 Å². The van der Waals surface area contributed by atoms with Crippen LogP contribution in [0.4, 0.5) is 5.69 Å². The van der Waals surface area contributed by atoms with E-state index in [4.69, 9.17) is 0 Å². The summed E-state index contributed by atoms with van der Waals surface area (Å²) in [6, 6.07) is 10.9. The maximum Gasteiger partial charge on any atom is 0.252 e. The predicted molar refractivity (Wildman–Crippen MR) is 131 cm³/mol. The van der Waals surface area contributed by atoms with Gasteiger partial charge in [-0.05, 0) is 62.6 Å². The predicted octanol–water partition coefficient (Wildman–Crippen LogP) is 4.72. The third-order valence-corrected chi connectivity index (χ3v) is 7.20. The average molecular weight is 516 g/mol. The molecule has 0 radical (unpaired) electrons. The van der Waals surface area contributed by atoms with Gasteiger partial charge >= 0.3 is 0 Å². The molecule has 0 bridgehead atoms. The second kappa shape index (κ2) is 10.3. The molecule has 2 N–H and O–H groups in total. The molecule has 0 saturated heterocycles. The van der Waals surface area contributed by atoms with Crippen LogP contribution in [0, 0.1) is 20.8 Å². The number of carbonyl (C=O) groups excluding carboxylic acids is 2. The number of halogens is 1. The zero-order valence-electron chi connectivity index (χ0n) is 18.7. The van der Waals surface area contributed by atoms with Gasteiger partial charge in [-0.15, -0.1) is 10.2 Å². The summed E-state index contributed by atoms with van der Waals surface area (Å²) in [5.41, 5.74) is 4.45. The molecule has 0 saturated carbocycles. The Balaban J connectivity index is 1.61. The van der Waals surface area contributed by atoms with Gasteiger partial charge in [0.1, 0.15) is 0 Å². The average Bonchev–Trinajstić information content (AvgIpc) is 3.13. The fraction of sp³-hybridized carbons (Fsp3) is 0.304. The Morgan fingerprint density at radius 1 is 1.09 bits per heavy atom. The monoisotopic (exact) mass is 515 g/mol. The van der Waals surface area contributed by atoms with Crippen LogP contribution < -0.4 is 10.6 Å². The summed E-state index contributed by atoms with van der Waals surface area (Å²) in [5.74, 6) is 0.539. The van der Waals surface area contributed by atoms with E-state index in [2.05, 4.69) is 36.8 Å². The van der Waals surface area contributed by atoms with E-state index in [0.29, 0.717) is 16.5 Å². The zero-order chi connectivity index (χ0) is 23.4. The first kappa shape index (κ1) is 24.0. The number of nitrogens with one attached hydrogen (secondary N) is 2. The lowest BCUT2D eigenvalue weighted by atomic mass is 10.1. The lowest BCUT2D eigenvalue weighted by Gasteiger charge is -2.14. The lowest BCUT2D eigenvalue weighted by molar-refractivity contribution is -0.113. The van der Waals surface area contributed by atoms with Crippen molar-refractivity contribution in [2.75, 3.05) is 11.1 Å². The van der Waals surface area contributed by atoms with Crippen LogP contribution in [0.15, 0.2) is 46.0 Å². The number of thioether (sulfide) groups is 1. The van der Waals surface area contributed by atoms with Crippen molar-refractivity contribution < 1.29 is 9.59 Å². The number of aromatic nitrogens is 3. The highest BCUT2D eigenvalue weighted by atomic mass is 79.9. The summed E-state index contributed by atoms with van der Waals surface area (Å²) in [6.45, 7) is 7.74. The van der Waals surface area contributed by atoms with Crippen LogP contribution in [0.3, 0.4) is 0 Å². The van der Waals surface area contributed by atoms with Crippen molar-refractivity contribution in [1.29, 1.82) is 0 Å². The van der Waals surface area contributed by atoms with Crippen molar-refractivity contribution in [2.45, 2.75) is 38.9 Å². The first-order chi connectivity index (χ1) is 15.2. The summed E-state index contributed by atoms with van der Waals surface area (Å²) in [6.07, 6.45) is 0. The number of hydrogen-bond acceptors (Lipinski definition) is 5. The molecule has 0 unspecified atom stereocenters. The van der Waals surface area contributed by atoms with Crippen LogP contribution in [-0.4, -0.2) is 32.3 Å². The molecule has 0 spiro atoms. The molecule has 9 heteroatoms. The Morgan fingerprint density at radius 3 is 2.53 bits per heavy atom. The fourth-order valence-corrected chi connectivity index (χ4v) is 4.38. The summed E-state index contributed by atoms with van der Waals surface area (Å²) >= 11 is 4.80. The van der Waals surface area contributed by atoms with E-state index in [0.717, 1.165) is 26.9 Å². The topological polar surface area (TPSA) is 88.9 Å². The lowest BCUT2D eigenvalue weighted by Crippen LogP contribution is -2.29. The molecule has 3 aromatic rings. The Labute approximate surface area is 200 Å². The van der Waals surface area contributed by atoms with E-state index in [1.165, 1.54) is 11.8 Å². The van der Waals surface area contributed by atoms with Crippen LogP contribution in [0.2, 0.25) is 0 Å². The van der Waals surface area contributed by atoms with E-state index in [1.807, 2.05) is 65.1 Å². The smallest absolute Gasteiger partial charge is 0.252 e. The number of amides is 2. The van der Waals surface area contributed by atoms with E-state index in [9.17, 15) is 9.59 Å². The molecule has 0 aliphatic carbocycles. The first-order valence-corrected chi connectivity index (χ1v) is 11.9. The highest BCUT2D eigenvalue weighted by molar-refractivity contribution is 9.10. The number of hydrogen-bond donors (Lipinski definition) is 2. The fourth-order valence-electron chi connectivity index (χ4n) is 3.23. The Hall–Kier alpha value is -2.65. The van der Waals surface area contributed by atoms with Gasteiger partial charge in [0.25, 0.3) is 5.91 Å². The van der Waals surface area contributed by atoms with Crippen molar-refractivity contribution in [2.24, 2.45) is 7.05 Å². The molecule has 3 rings (SSSR count). The molecule has 0 aliphatic heterocycles. The molecular weight excluding hydrogens is 490 g/mol. The van der Waals surface area contributed by atoms with Crippen molar-refractivity contribution in [3.63, 3.8) is 0 Å². The second-order valence-electron chi connectivity index (χ2n) is 7.59. The molecule has 32 heavy (non-hydrogen) atoms. The number of anilines is 1. The minimum atomic E-state index is -0.337. The van der Waals surface area contributed by atoms with E-state index >= 15 is 0 Å². The minimum Gasteiger partial charge on any atom is -0.342 e. The van der Waals surface area contributed by atoms with Crippen molar-refractivity contribution in [1.82, 2.24) is 20.1 Å². The molecule has 168 valence electrons. The first-order valence-electron chi connectivity index (χ1n) is 10.1. The second-order valence-corrected chi connectivity index (χ2v) is 9.39. The summed E-state index contributed by atoms with van der Waals surface area (Å²) in [5, 5.41) is 14.9. The van der Waals surface area contributed by atoms with Crippen molar-refractivity contribution >= 4 is 45.2 Å². The van der Waals surface area contributed by atoms with Crippen LogP contribution >= 0.6 is 27.7 Å². The van der Waals surface area contributed by atoms with E-state index in [1.54, 1.807) is 10.6 Å². The van der Waals surface area contributed by atoms with Crippen LogP contribution in [0.25, 0.3) is 0 Å². The zero-order valence-corrected chi connectivity index (χ0v) is 21.1. The number of carbonyl (C=O) groups is 2. The molecule has 2 amide bonds. The van der Waals surface area contributed by atoms with Gasteiger partial charge in [0.2, 0.25) is 5.91 Å². The summed E-state index contributed by atoms with van der Waals surface area (Å²) in [4.78, 5) is 25.1.